The van der Waals surface area contributed by atoms with Crippen molar-refractivity contribution < 1.29 is 0 Å². The lowest BCUT2D eigenvalue weighted by Crippen LogP contribution is -1.98. The van der Waals surface area contributed by atoms with Crippen LogP contribution < -0.4 is 0 Å². The maximum Gasteiger partial charge on any atom is 0.203 e. The van der Waals surface area contributed by atoms with Crippen LogP contribution in [0.25, 0.3) is 11.4 Å². The number of hydrogen-bond acceptors (Lipinski definition) is 4. The Morgan fingerprint density at radius 2 is 1.60 bits per heavy atom. The van der Waals surface area contributed by atoms with Crippen molar-refractivity contribution in [2.24, 2.45) is 0 Å². The van der Waals surface area contributed by atoms with Crippen molar-refractivity contribution in [1.29, 1.82) is 0 Å². The molecule has 0 amide bonds. The van der Waals surface area contributed by atoms with Gasteiger partial charge in [-0.3, -0.25) is 0 Å². The summed E-state index contributed by atoms with van der Waals surface area (Å²) in [7, 11) is 0. The van der Waals surface area contributed by atoms with Gasteiger partial charge in [0, 0.05) is 10.9 Å². The standard InChI is InChI=1S/C10H9BrN4/c1-7-12-14-10(15-13-7)9-4-2-8(6-11)3-5-9/h2-5H,6H2,1H3. The molecular formula is C10H9BrN4. The molecule has 0 atom stereocenters. The van der Waals surface area contributed by atoms with Gasteiger partial charge < -0.3 is 0 Å². The van der Waals surface area contributed by atoms with Gasteiger partial charge in [0.25, 0.3) is 0 Å². The first-order valence-electron chi connectivity index (χ1n) is 4.49. The number of halogens is 1. The lowest BCUT2D eigenvalue weighted by Gasteiger charge is -1.99. The minimum Gasteiger partial charge on any atom is -0.131 e. The number of nitrogens with zero attached hydrogens (tertiary/aromatic N) is 4. The Hall–Kier alpha value is -1.36. The minimum absolute atomic E-state index is 0.557. The van der Waals surface area contributed by atoms with Gasteiger partial charge in [0.15, 0.2) is 5.82 Å². The summed E-state index contributed by atoms with van der Waals surface area (Å²) >= 11 is 3.39. The van der Waals surface area contributed by atoms with Crippen LogP contribution in [-0.4, -0.2) is 20.4 Å². The quantitative estimate of drug-likeness (QED) is 0.780. The third-order valence-electron chi connectivity index (χ3n) is 1.95. The molecule has 0 bridgehead atoms. The van der Waals surface area contributed by atoms with Gasteiger partial charge in [-0.2, -0.15) is 0 Å². The molecule has 2 rings (SSSR count). The molecule has 0 aliphatic rings. The smallest absolute Gasteiger partial charge is 0.131 e. The third-order valence-corrected chi connectivity index (χ3v) is 2.59. The summed E-state index contributed by atoms with van der Waals surface area (Å²) in [5.74, 6) is 1.14. The highest BCUT2D eigenvalue weighted by molar-refractivity contribution is 9.08. The fraction of sp³-hybridized carbons (Fsp3) is 0.200. The van der Waals surface area contributed by atoms with Crippen molar-refractivity contribution in [3.63, 3.8) is 0 Å². The van der Waals surface area contributed by atoms with Crippen LogP contribution in [0.3, 0.4) is 0 Å². The number of aryl methyl sites for hydroxylation is 1. The highest BCUT2D eigenvalue weighted by Crippen LogP contribution is 2.15. The summed E-state index contributed by atoms with van der Waals surface area (Å²) in [5, 5.41) is 16.5. The molecule has 0 aliphatic heterocycles. The van der Waals surface area contributed by atoms with E-state index in [9.17, 15) is 0 Å². The van der Waals surface area contributed by atoms with Gasteiger partial charge in [-0.1, -0.05) is 40.2 Å². The van der Waals surface area contributed by atoms with Gasteiger partial charge >= 0.3 is 0 Å². The number of hydrogen-bond donors (Lipinski definition) is 0. The molecule has 0 N–H and O–H groups in total. The van der Waals surface area contributed by atoms with Crippen LogP contribution in [0.5, 0.6) is 0 Å². The second-order valence-electron chi connectivity index (χ2n) is 3.10. The molecule has 1 heterocycles. The first kappa shape index (κ1) is 10.2. The van der Waals surface area contributed by atoms with Crippen molar-refractivity contribution >= 4 is 15.9 Å². The Morgan fingerprint density at radius 3 is 2.13 bits per heavy atom. The molecule has 0 saturated carbocycles. The molecule has 4 nitrogen and oxygen atoms in total. The van der Waals surface area contributed by atoms with E-state index in [1.54, 1.807) is 6.92 Å². The second-order valence-corrected chi connectivity index (χ2v) is 3.66. The Balaban J connectivity index is 2.33. The molecule has 0 aliphatic carbocycles. The topological polar surface area (TPSA) is 51.6 Å². The molecule has 5 heteroatoms. The van der Waals surface area contributed by atoms with Crippen LogP contribution in [0, 0.1) is 6.92 Å². The third kappa shape index (κ3) is 2.36. The molecule has 0 radical (unpaired) electrons. The van der Waals surface area contributed by atoms with Crippen molar-refractivity contribution in [3.05, 3.63) is 35.7 Å². The predicted octanol–water partition coefficient (Wildman–Crippen LogP) is 2.14. The van der Waals surface area contributed by atoms with Gasteiger partial charge in [0.05, 0.1) is 0 Å². The van der Waals surface area contributed by atoms with E-state index in [1.807, 2.05) is 24.3 Å². The second kappa shape index (κ2) is 4.44. The summed E-state index contributed by atoms with van der Waals surface area (Å²) in [6.45, 7) is 1.76. The summed E-state index contributed by atoms with van der Waals surface area (Å²) in [4.78, 5) is 0. The maximum atomic E-state index is 3.97. The van der Waals surface area contributed by atoms with Gasteiger partial charge in [0.1, 0.15) is 0 Å². The van der Waals surface area contributed by atoms with Crippen molar-refractivity contribution in [1.82, 2.24) is 20.4 Å². The molecule has 0 spiro atoms. The molecule has 0 saturated heterocycles. The van der Waals surface area contributed by atoms with Crippen molar-refractivity contribution in [2.75, 3.05) is 0 Å². The zero-order valence-electron chi connectivity index (χ0n) is 8.18. The number of aromatic nitrogens is 4. The molecule has 0 fully saturated rings. The molecule has 1 aromatic heterocycles. The van der Waals surface area contributed by atoms with E-state index in [1.165, 1.54) is 5.56 Å². The van der Waals surface area contributed by atoms with Crippen LogP contribution in [0.4, 0.5) is 0 Å². The number of benzene rings is 1. The Morgan fingerprint density at radius 1 is 1.00 bits per heavy atom. The molecule has 0 unspecified atom stereocenters. The van der Waals surface area contributed by atoms with Crippen molar-refractivity contribution in [2.45, 2.75) is 12.3 Å². The average molecular weight is 265 g/mol. The molecule has 2 aromatic rings. The maximum absolute atomic E-state index is 3.97. The number of rotatable bonds is 2. The van der Waals surface area contributed by atoms with Crippen molar-refractivity contribution in [3.8, 4) is 11.4 Å². The largest absolute Gasteiger partial charge is 0.203 e. The Kier molecular flexibility index (Phi) is 3.01. The van der Waals surface area contributed by atoms with E-state index < -0.39 is 0 Å². The van der Waals surface area contributed by atoms with Crippen LogP contribution in [-0.2, 0) is 5.33 Å². The first-order chi connectivity index (χ1) is 7.29. The number of alkyl halides is 1. The summed E-state index contributed by atoms with van der Waals surface area (Å²) in [5.41, 5.74) is 2.14. The van der Waals surface area contributed by atoms with Gasteiger partial charge in [-0.15, -0.1) is 20.4 Å². The zero-order valence-corrected chi connectivity index (χ0v) is 9.77. The van der Waals surface area contributed by atoms with Gasteiger partial charge in [-0.05, 0) is 12.5 Å². The van der Waals surface area contributed by atoms with Crippen LogP contribution in [0.1, 0.15) is 11.4 Å². The fourth-order valence-corrected chi connectivity index (χ4v) is 1.51. The van der Waals surface area contributed by atoms with Crippen LogP contribution in [0.2, 0.25) is 0 Å². The van der Waals surface area contributed by atoms with E-state index in [0.29, 0.717) is 11.6 Å². The van der Waals surface area contributed by atoms with E-state index in [2.05, 4.69) is 36.3 Å². The van der Waals surface area contributed by atoms with Gasteiger partial charge in [0.2, 0.25) is 5.82 Å². The first-order valence-corrected chi connectivity index (χ1v) is 5.61. The molecule has 15 heavy (non-hydrogen) atoms. The summed E-state index contributed by atoms with van der Waals surface area (Å²) in [6.07, 6.45) is 0. The van der Waals surface area contributed by atoms with E-state index in [0.717, 1.165) is 10.9 Å². The summed E-state index contributed by atoms with van der Waals surface area (Å²) < 4.78 is 0. The summed E-state index contributed by atoms with van der Waals surface area (Å²) in [6, 6.07) is 7.97. The van der Waals surface area contributed by atoms with E-state index in [-0.39, 0.29) is 0 Å². The normalized spacial score (nSPS) is 10.3. The van der Waals surface area contributed by atoms with E-state index >= 15 is 0 Å². The minimum atomic E-state index is 0.557. The Labute approximate surface area is 95.9 Å². The highest BCUT2D eigenvalue weighted by atomic mass is 79.9. The average Bonchev–Trinajstić information content (AvgIpc) is 2.30. The molecule has 76 valence electrons. The molecular weight excluding hydrogens is 256 g/mol. The SMILES string of the molecule is Cc1nnc(-c2ccc(CBr)cc2)nn1. The fourth-order valence-electron chi connectivity index (χ4n) is 1.14. The predicted molar refractivity (Wildman–Crippen MR) is 60.4 cm³/mol. The van der Waals surface area contributed by atoms with E-state index in [4.69, 9.17) is 0 Å². The highest BCUT2D eigenvalue weighted by Gasteiger charge is 2.02. The van der Waals surface area contributed by atoms with Crippen LogP contribution in [0.15, 0.2) is 24.3 Å². The monoisotopic (exact) mass is 264 g/mol. The lowest BCUT2D eigenvalue weighted by molar-refractivity contribution is 0.816. The van der Waals surface area contributed by atoms with Crippen LogP contribution >= 0.6 is 15.9 Å². The Bertz CT molecular complexity index is 438. The lowest BCUT2D eigenvalue weighted by atomic mass is 10.1. The molecule has 1 aromatic carbocycles. The van der Waals surface area contributed by atoms with Gasteiger partial charge in [-0.25, -0.2) is 0 Å². The zero-order chi connectivity index (χ0) is 10.7.